The number of aromatic nitrogens is 3. The van der Waals surface area contributed by atoms with E-state index >= 15 is 0 Å². The molecular formula is C51H81N9O16. The van der Waals surface area contributed by atoms with Crippen molar-refractivity contribution in [1.29, 1.82) is 0 Å². The van der Waals surface area contributed by atoms with Gasteiger partial charge in [0.15, 0.2) is 0 Å². The summed E-state index contributed by atoms with van der Waals surface area (Å²) in [6, 6.07) is 6.39. The zero-order valence-corrected chi connectivity index (χ0v) is 43.8. The minimum atomic E-state index is -0.438. The highest BCUT2D eigenvalue weighted by atomic mass is 16.6. The second kappa shape index (κ2) is 40.0. The van der Waals surface area contributed by atoms with E-state index in [2.05, 4.69) is 31.6 Å². The van der Waals surface area contributed by atoms with Gasteiger partial charge in [-0.2, -0.15) is 0 Å². The van der Waals surface area contributed by atoms with Crippen LogP contribution < -0.4 is 27.0 Å². The summed E-state index contributed by atoms with van der Waals surface area (Å²) in [6.07, 6.45) is 9.50. The average molecular weight is 1080 g/mol. The summed E-state index contributed by atoms with van der Waals surface area (Å²) in [4.78, 5) is 75.0. The van der Waals surface area contributed by atoms with Crippen LogP contribution in [0.3, 0.4) is 0 Å². The number of carbonyl (C=O) groups excluding carboxylic acids is 6. The smallest absolute Gasteiger partial charge is 0.253 e. The monoisotopic (exact) mass is 1080 g/mol. The molecule has 25 heteroatoms. The van der Waals surface area contributed by atoms with E-state index in [1.54, 1.807) is 35.1 Å². The minimum absolute atomic E-state index is 0.0197. The Morgan fingerprint density at radius 1 is 0.658 bits per heavy atom. The van der Waals surface area contributed by atoms with Gasteiger partial charge in [-0.15, -0.1) is 5.10 Å². The lowest BCUT2D eigenvalue weighted by Crippen LogP contribution is -2.40. The van der Waals surface area contributed by atoms with E-state index in [9.17, 15) is 33.9 Å². The molecule has 0 unspecified atom stereocenters. The van der Waals surface area contributed by atoms with Gasteiger partial charge in [0.2, 0.25) is 23.6 Å². The van der Waals surface area contributed by atoms with Gasteiger partial charge in [-0.1, -0.05) is 23.8 Å². The number of nitrogens with zero attached hydrogens (tertiary/aromatic N) is 4. The molecule has 1 aromatic heterocycles. The SMILES string of the molecule is NCCCC[C@H](CC(=O)Nc1ccc(CO)cc1)NC(=O)COCC(=O)NCCOCCOCCOCCOCCOCCOCCOCCOCCn1cc(CNC(=O)C2CCC(CN3C(=O)C=CC3=O)CC2)nn1. The molecule has 4 rings (SSSR count). The third kappa shape index (κ3) is 28.7. The molecule has 2 aliphatic rings. The molecule has 1 fully saturated rings. The number of rotatable bonds is 45. The van der Waals surface area contributed by atoms with Crippen LogP contribution in [0.5, 0.6) is 0 Å². The lowest BCUT2D eigenvalue weighted by Gasteiger charge is -2.29. The van der Waals surface area contributed by atoms with E-state index in [1.807, 2.05) is 0 Å². The van der Waals surface area contributed by atoms with Crippen LogP contribution in [-0.4, -0.2) is 205 Å². The number of ether oxygens (including phenoxy) is 9. The van der Waals surface area contributed by atoms with Gasteiger partial charge >= 0.3 is 0 Å². The highest BCUT2D eigenvalue weighted by molar-refractivity contribution is 6.12. The highest BCUT2D eigenvalue weighted by Gasteiger charge is 2.31. The van der Waals surface area contributed by atoms with Gasteiger partial charge in [0, 0.05) is 49.3 Å². The van der Waals surface area contributed by atoms with Crippen LogP contribution in [0.1, 0.15) is 62.6 Å². The van der Waals surface area contributed by atoms with E-state index in [4.69, 9.17) is 48.4 Å². The molecule has 7 N–H and O–H groups in total. The predicted octanol–water partition coefficient (Wildman–Crippen LogP) is 0.0262. The molecule has 0 bridgehead atoms. The maximum atomic E-state index is 12.7. The fourth-order valence-corrected chi connectivity index (χ4v) is 7.84. The molecule has 25 nitrogen and oxygen atoms in total. The predicted molar refractivity (Wildman–Crippen MR) is 274 cm³/mol. The number of anilines is 1. The molecule has 1 atom stereocenters. The maximum absolute atomic E-state index is 12.7. The van der Waals surface area contributed by atoms with Crippen molar-refractivity contribution in [2.45, 2.75) is 77.1 Å². The lowest BCUT2D eigenvalue weighted by atomic mass is 9.81. The second-order valence-electron chi connectivity index (χ2n) is 17.9. The topological polar surface area (TPSA) is 314 Å². The van der Waals surface area contributed by atoms with Gasteiger partial charge in [-0.25, -0.2) is 4.68 Å². The Kier molecular flexibility index (Phi) is 33.2. The number of hydrogen-bond donors (Lipinski definition) is 6. The van der Waals surface area contributed by atoms with Crippen LogP contribution in [-0.2, 0) is 91.1 Å². The Hall–Kier alpha value is -5.32. The van der Waals surface area contributed by atoms with Crippen molar-refractivity contribution >= 4 is 41.1 Å². The van der Waals surface area contributed by atoms with E-state index in [-0.39, 0.29) is 81.4 Å². The molecule has 426 valence electrons. The molecular weight excluding hydrogens is 995 g/mol. The molecule has 0 spiro atoms. The largest absolute Gasteiger partial charge is 0.392 e. The summed E-state index contributed by atoms with van der Waals surface area (Å²) in [5.74, 6) is -1.53. The van der Waals surface area contributed by atoms with E-state index in [1.165, 1.54) is 17.1 Å². The Labute approximate surface area is 444 Å². The summed E-state index contributed by atoms with van der Waals surface area (Å²) >= 11 is 0. The summed E-state index contributed by atoms with van der Waals surface area (Å²) in [5.41, 5.74) is 7.58. The van der Waals surface area contributed by atoms with Crippen molar-refractivity contribution < 1.29 is 76.5 Å². The molecule has 0 radical (unpaired) electrons. The first-order valence-electron chi connectivity index (χ1n) is 26.3. The van der Waals surface area contributed by atoms with Gasteiger partial charge < -0.3 is 74.7 Å². The zero-order valence-electron chi connectivity index (χ0n) is 43.8. The van der Waals surface area contributed by atoms with Gasteiger partial charge in [0.25, 0.3) is 11.8 Å². The number of imide groups is 1. The van der Waals surface area contributed by atoms with Gasteiger partial charge in [0.1, 0.15) is 18.9 Å². The fourth-order valence-electron chi connectivity index (χ4n) is 7.84. The summed E-state index contributed by atoms with van der Waals surface area (Å²) < 4.78 is 51.2. The molecule has 0 saturated heterocycles. The van der Waals surface area contributed by atoms with Gasteiger partial charge in [-0.05, 0) is 68.7 Å². The number of aliphatic hydroxyl groups is 1. The summed E-state index contributed by atoms with van der Waals surface area (Å²) in [6.45, 7) is 7.78. The molecule has 1 aliphatic carbocycles. The van der Waals surface area contributed by atoms with Gasteiger partial charge in [0.05, 0.1) is 132 Å². The molecule has 2 heterocycles. The first kappa shape index (κ1) is 63.2. The number of aliphatic hydroxyl groups excluding tert-OH is 1. The molecule has 2 aromatic rings. The number of hydrogen-bond acceptors (Lipinski definition) is 19. The fraction of sp³-hybridized carbons (Fsp3) is 0.686. The number of unbranched alkanes of at least 4 members (excludes halogenated alkanes) is 1. The number of nitrogens with two attached hydrogens (primary N) is 1. The number of carbonyl (C=O) groups is 6. The first-order valence-corrected chi connectivity index (χ1v) is 26.3. The average Bonchev–Trinajstić information content (AvgIpc) is 4.01. The van der Waals surface area contributed by atoms with Crippen molar-refractivity contribution in [3.05, 3.63) is 53.9 Å². The third-order valence-electron chi connectivity index (χ3n) is 11.9. The lowest BCUT2D eigenvalue weighted by molar-refractivity contribution is -0.138. The zero-order chi connectivity index (χ0) is 54.3. The van der Waals surface area contributed by atoms with E-state index in [0.717, 1.165) is 44.1 Å². The summed E-state index contributed by atoms with van der Waals surface area (Å²) in [7, 11) is 0. The first-order chi connectivity index (χ1) is 37.1. The molecule has 6 amide bonds. The molecule has 1 aliphatic heterocycles. The van der Waals surface area contributed by atoms with Crippen molar-refractivity contribution in [2.24, 2.45) is 17.6 Å². The summed E-state index contributed by atoms with van der Waals surface area (Å²) in [5, 5.41) is 28.7. The van der Waals surface area contributed by atoms with Crippen molar-refractivity contribution in [3.63, 3.8) is 0 Å². The normalized spacial score (nSPS) is 15.8. The quantitative estimate of drug-likeness (QED) is 0.0376. The van der Waals surface area contributed by atoms with Crippen molar-refractivity contribution in [2.75, 3.05) is 144 Å². The maximum Gasteiger partial charge on any atom is 0.253 e. The Morgan fingerprint density at radius 2 is 1.20 bits per heavy atom. The number of nitrogens with one attached hydrogen (secondary N) is 4. The Balaban J connectivity index is 0.820. The molecule has 1 aromatic carbocycles. The van der Waals surface area contributed by atoms with Crippen LogP contribution in [0.2, 0.25) is 0 Å². The number of benzene rings is 1. The molecule has 76 heavy (non-hydrogen) atoms. The minimum Gasteiger partial charge on any atom is -0.392 e. The van der Waals surface area contributed by atoms with Gasteiger partial charge in [-0.3, -0.25) is 33.7 Å². The van der Waals surface area contributed by atoms with Crippen molar-refractivity contribution in [3.8, 4) is 0 Å². The van der Waals surface area contributed by atoms with Crippen LogP contribution >= 0.6 is 0 Å². The standard InChI is InChI=1S/C51H81N9O16/c52-14-2-1-3-44(33-46(62)55-43-10-6-41(37-61)7-11-43)56-48(64)39-76-38-47(63)53-15-17-68-19-21-70-23-25-72-27-29-74-31-32-75-30-28-73-26-24-71-22-20-69-18-16-59-36-45(57-58-59)34-54-51(67)42-8-4-40(5-9-42)35-60-49(65)12-13-50(60)66/h6-7,10-13,36,40,42,44,61H,1-5,8-9,14-35,37-39,52H2,(H,53,63)(H,54,67)(H,55,62)(H,56,64)/t40?,42?,44-/m1/s1. The van der Waals surface area contributed by atoms with E-state index in [0.29, 0.717) is 137 Å². The van der Waals surface area contributed by atoms with Crippen LogP contribution in [0.4, 0.5) is 5.69 Å². The Morgan fingerprint density at radius 3 is 1.75 bits per heavy atom. The third-order valence-corrected chi connectivity index (χ3v) is 11.9. The van der Waals surface area contributed by atoms with E-state index < -0.39 is 17.9 Å². The second-order valence-corrected chi connectivity index (χ2v) is 17.9. The van der Waals surface area contributed by atoms with Crippen LogP contribution in [0.25, 0.3) is 0 Å². The number of amides is 6. The highest BCUT2D eigenvalue weighted by Crippen LogP contribution is 2.30. The van der Waals surface area contributed by atoms with Crippen LogP contribution in [0.15, 0.2) is 42.6 Å². The Bertz CT molecular complexity index is 1970. The van der Waals surface area contributed by atoms with Crippen molar-refractivity contribution in [1.82, 2.24) is 35.8 Å². The molecule has 1 saturated carbocycles. The van der Waals surface area contributed by atoms with Crippen LogP contribution in [0, 0.1) is 11.8 Å².